The molecule has 2 amide bonds. The highest BCUT2D eigenvalue weighted by atomic mass is 35.5. The van der Waals surface area contributed by atoms with Gasteiger partial charge in [-0.2, -0.15) is 0 Å². The molecule has 0 spiro atoms. The van der Waals surface area contributed by atoms with Gasteiger partial charge in [-0.3, -0.25) is 9.59 Å². The van der Waals surface area contributed by atoms with Crippen molar-refractivity contribution in [3.8, 4) is 5.75 Å². The van der Waals surface area contributed by atoms with E-state index in [1.807, 2.05) is 43.0 Å². The third-order valence-corrected chi connectivity index (χ3v) is 4.83. The lowest BCUT2D eigenvalue weighted by atomic mass is 9.95. The molecular formula is C20H32ClN3O3. The number of halogens is 1. The van der Waals surface area contributed by atoms with Crippen molar-refractivity contribution in [1.82, 2.24) is 10.2 Å². The summed E-state index contributed by atoms with van der Waals surface area (Å²) in [7, 11) is 0. The Morgan fingerprint density at radius 1 is 1.33 bits per heavy atom. The number of benzene rings is 1. The summed E-state index contributed by atoms with van der Waals surface area (Å²) in [5.74, 6) is 0.553. The lowest BCUT2D eigenvalue weighted by molar-refractivity contribution is -0.136. The number of amides is 2. The molecule has 3 atom stereocenters. The predicted molar refractivity (Wildman–Crippen MR) is 109 cm³/mol. The molecule has 152 valence electrons. The average molecular weight is 398 g/mol. The van der Waals surface area contributed by atoms with Crippen molar-refractivity contribution in [3.63, 3.8) is 0 Å². The summed E-state index contributed by atoms with van der Waals surface area (Å²) in [5.41, 5.74) is 6.92. The summed E-state index contributed by atoms with van der Waals surface area (Å²) in [5, 5.41) is 2.91. The number of piperidine rings is 1. The molecule has 7 heteroatoms. The van der Waals surface area contributed by atoms with Crippen molar-refractivity contribution in [2.45, 2.75) is 64.6 Å². The summed E-state index contributed by atoms with van der Waals surface area (Å²) in [6.07, 6.45) is 3.23. The Balaban J connectivity index is 0.00000364. The van der Waals surface area contributed by atoms with Crippen LogP contribution in [-0.2, 0) is 9.59 Å². The van der Waals surface area contributed by atoms with Crippen molar-refractivity contribution in [3.05, 3.63) is 29.8 Å². The molecule has 0 radical (unpaired) electrons. The SMILES string of the molecule is CCOc1ccccc1C(CC(=O)N1CCCCC1C(C)N)NC(C)=O.Cl. The zero-order chi connectivity index (χ0) is 19.1. The summed E-state index contributed by atoms with van der Waals surface area (Å²) < 4.78 is 5.69. The normalized spacial score (nSPS) is 18.8. The number of nitrogens with one attached hydrogen (secondary N) is 1. The zero-order valence-electron chi connectivity index (χ0n) is 16.4. The summed E-state index contributed by atoms with van der Waals surface area (Å²) in [6.45, 7) is 6.58. The van der Waals surface area contributed by atoms with E-state index in [2.05, 4.69) is 5.32 Å². The standard InChI is InChI=1S/C20H31N3O3.ClH/c1-4-26-19-11-6-5-9-16(19)17(22-15(3)24)13-20(25)23-12-8-7-10-18(23)14(2)21;/h5-6,9,11,14,17-18H,4,7-8,10,12-13,21H2,1-3H3,(H,22,24);1H. The van der Waals surface area contributed by atoms with Gasteiger partial charge in [0.1, 0.15) is 5.75 Å². The molecule has 0 aromatic heterocycles. The van der Waals surface area contributed by atoms with Crippen LogP contribution in [0.25, 0.3) is 0 Å². The molecule has 1 saturated heterocycles. The lowest BCUT2D eigenvalue weighted by Crippen LogP contribution is -2.52. The van der Waals surface area contributed by atoms with Gasteiger partial charge < -0.3 is 20.7 Å². The Kier molecular flexibility index (Phi) is 9.60. The molecule has 0 bridgehead atoms. The Morgan fingerprint density at radius 3 is 2.67 bits per heavy atom. The van der Waals surface area contributed by atoms with Gasteiger partial charge in [-0.1, -0.05) is 18.2 Å². The van der Waals surface area contributed by atoms with Crippen LogP contribution in [0, 0.1) is 0 Å². The fraction of sp³-hybridized carbons (Fsp3) is 0.600. The number of carbonyl (C=O) groups excluding carboxylic acids is 2. The molecule has 1 aromatic carbocycles. The van der Waals surface area contributed by atoms with Gasteiger partial charge in [0.2, 0.25) is 11.8 Å². The first-order chi connectivity index (χ1) is 12.4. The summed E-state index contributed by atoms with van der Waals surface area (Å²) in [6, 6.07) is 7.13. The number of hydrogen-bond donors (Lipinski definition) is 2. The van der Waals surface area contributed by atoms with Crippen LogP contribution >= 0.6 is 12.4 Å². The van der Waals surface area contributed by atoms with E-state index in [-0.39, 0.29) is 42.7 Å². The van der Waals surface area contributed by atoms with Gasteiger partial charge in [0.15, 0.2) is 0 Å². The number of likely N-dealkylation sites (tertiary alicyclic amines) is 1. The van der Waals surface area contributed by atoms with Crippen LogP contribution in [0.1, 0.15) is 58.1 Å². The molecule has 1 aliphatic heterocycles. The highest BCUT2D eigenvalue weighted by Gasteiger charge is 2.31. The second kappa shape index (κ2) is 11.1. The minimum Gasteiger partial charge on any atom is -0.494 e. The van der Waals surface area contributed by atoms with Gasteiger partial charge in [-0.05, 0) is 39.2 Å². The molecule has 1 heterocycles. The molecule has 6 nitrogen and oxygen atoms in total. The first kappa shape index (κ1) is 23.2. The number of rotatable bonds is 7. The monoisotopic (exact) mass is 397 g/mol. The van der Waals surface area contributed by atoms with Crippen LogP contribution in [-0.4, -0.2) is 41.9 Å². The van der Waals surface area contributed by atoms with Crippen LogP contribution < -0.4 is 15.8 Å². The fourth-order valence-electron chi connectivity index (χ4n) is 3.64. The lowest BCUT2D eigenvalue weighted by Gasteiger charge is -2.39. The Labute approximate surface area is 168 Å². The van der Waals surface area contributed by atoms with E-state index in [1.165, 1.54) is 6.92 Å². The van der Waals surface area contributed by atoms with E-state index in [9.17, 15) is 9.59 Å². The topological polar surface area (TPSA) is 84.7 Å². The van der Waals surface area contributed by atoms with Crippen LogP contribution in [0.4, 0.5) is 0 Å². The number of para-hydroxylation sites is 1. The highest BCUT2D eigenvalue weighted by molar-refractivity contribution is 5.85. The van der Waals surface area contributed by atoms with Crippen molar-refractivity contribution in [1.29, 1.82) is 0 Å². The molecule has 3 unspecified atom stereocenters. The van der Waals surface area contributed by atoms with Crippen LogP contribution in [0.15, 0.2) is 24.3 Å². The first-order valence-electron chi connectivity index (χ1n) is 9.47. The average Bonchev–Trinajstić information content (AvgIpc) is 2.61. The second-order valence-corrected chi connectivity index (χ2v) is 6.94. The number of ether oxygens (including phenoxy) is 1. The van der Waals surface area contributed by atoms with Crippen molar-refractivity contribution >= 4 is 24.2 Å². The highest BCUT2D eigenvalue weighted by Crippen LogP contribution is 2.29. The maximum Gasteiger partial charge on any atom is 0.225 e. The molecule has 0 saturated carbocycles. The fourth-order valence-corrected chi connectivity index (χ4v) is 3.64. The van der Waals surface area contributed by atoms with Crippen molar-refractivity contribution in [2.75, 3.05) is 13.2 Å². The molecule has 1 fully saturated rings. The van der Waals surface area contributed by atoms with E-state index in [4.69, 9.17) is 10.5 Å². The Hall–Kier alpha value is -1.79. The maximum absolute atomic E-state index is 13.0. The predicted octanol–water partition coefficient (Wildman–Crippen LogP) is 2.80. The molecule has 27 heavy (non-hydrogen) atoms. The molecule has 3 N–H and O–H groups in total. The Bertz CT molecular complexity index is 624. The van der Waals surface area contributed by atoms with E-state index < -0.39 is 6.04 Å². The summed E-state index contributed by atoms with van der Waals surface area (Å²) >= 11 is 0. The number of nitrogens with zero attached hydrogens (tertiary/aromatic N) is 1. The van der Waals surface area contributed by atoms with Crippen LogP contribution in [0.2, 0.25) is 0 Å². The van der Waals surface area contributed by atoms with Crippen molar-refractivity contribution < 1.29 is 14.3 Å². The van der Waals surface area contributed by atoms with Gasteiger partial charge in [0.05, 0.1) is 19.1 Å². The molecule has 1 aromatic rings. The molecule has 1 aliphatic rings. The maximum atomic E-state index is 13.0. The van der Waals surface area contributed by atoms with Gasteiger partial charge >= 0.3 is 0 Å². The van der Waals surface area contributed by atoms with Crippen molar-refractivity contribution in [2.24, 2.45) is 5.73 Å². The Morgan fingerprint density at radius 2 is 2.04 bits per heavy atom. The van der Waals surface area contributed by atoms with Gasteiger partial charge in [-0.15, -0.1) is 12.4 Å². The van der Waals surface area contributed by atoms with Gasteiger partial charge in [0, 0.05) is 31.1 Å². The van der Waals surface area contributed by atoms with Crippen LogP contribution in [0.3, 0.4) is 0 Å². The van der Waals surface area contributed by atoms with E-state index in [0.717, 1.165) is 31.4 Å². The quantitative estimate of drug-likeness (QED) is 0.740. The molecular weight excluding hydrogens is 366 g/mol. The smallest absolute Gasteiger partial charge is 0.225 e. The number of carbonyl (C=O) groups is 2. The minimum absolute atomic E-state index is 0. The van der Waals surface area contributed by atoms with Gasteiger partial charge in [-0.25, -0.2) is 0 Å². The molecule has 2 rings (SSSR count). The van der Waals surface area contributed by atoms with Gasteiger partial charge in [0.25, 0.3) is 0 Å². The summed E-state index contributed by atoms with van der Waals surface area (Å²) in [4.78, 5) is 26.7. The van der Waals surface area contributed by atoms with E-state index >= 15 is 0 Å². The third-order valence-electron chi connectivity index (χ3n) is 4.83. The largest absolute Gasteiger partial charge is 0.494 e. The minimum atomic E-state index is -0.418. The zero-order valence-corrected chi connectivity index (χ0v) is 17.3. The van der Waals surface area contributed by atoms with Crippen LogP contribution in [0.5, 0.6) is 5.75 Å². The first-order valence-corrected chi connectivity index (χ1v) is 9.47. The number of nitrogens with two attached hydrogens (primary N) is 1. The van der Waals surface area contributed by atoms with E-state index in [1.54, 1.807) is 0 Å². The molecule has 0 aliphatic carbocycles. The number of hydrogen-bond acceptors (Lipinski definition) is 4. The van der Waals surface area contributed by atoms with E-state index in [0.29, 0.717) is 12.4 Å². The second-order valence-electron chi connectivity index (χ2n) is 6.94. The third kappa shape index (κ3) is 6.40.